The van der Waals surface area contributed by atoms with E-state index in [1.165, 1.54) is 10.4 Å². The highest BCUT2D eigenvalue weighted by molar-refractivity contribution is 7.09. The lowest BCUT2D eigenvalue weighted by Gasteiger charge is -2.11. The summed E-state index contributed by atoms with van der Waals surface area (Å²) in [5, 5.41) is 12.2. The fourth-order valence-electron chi connectivity index (χ4n) is 1.84. The predicted molar refractivity (Wildman–Crippen MR) is 73.5 cm³/mol. The zero-order valence-electron chi connectivity index (χ0n) is 10.3. The van der Waals surface area contributed by atoms with Crippen LogP contribution in [0.15, 0.2) is 41.8 Å². The number of hydrogen-bond acceptors (Lipinski definition) is 2. The number of aliphatic hydroxyl groups is 1. The van der Waals surface area contributed by atoms with Crippen LogP contribution in [0.25, 0.3) is 0 Å². The molecule has 0 aliphatic carbocycles. The van der Waals surface area contributed by atoms with E-state index < -0.39 is 6.10 Å². The van der Waals surface area contributed by atoms with Crippen molar-refractivity contribution in [2.24, 2.45) is 0 Å². The molecule has 0 bridgehead atoms. The van der Waals surface area contributed by atoms with Crippen LogP contribution >= 0.6 is 11.3 Å². The van der Waals surface area contributed by atoms with Gasteiger partial charge in [-0.05, 0) is 28.5 Å². The smallest absolute Gasteiger partial charge is 0.0838 e. The molecule has 0 amide bonds. The van der Waals surface area contributed by atoms with Crippen LogP contribution < -0.4 is 0 Å². The summed E-state index contributed by atoms with van der Waals surface area (Å²) >= 11 is 1.69. The van der Waals surface area contributed by atoms with Gasteiger partial charge in [-0.2, -0.15) is 0 Å². The molecule has 0 fully saturated rings. The van der Waals surface area contributed by atoms with E-state index in [0.717, 1.165) is 5.56 Å². The van der Waals surface area contributed by atoms with Gasteiger partial charge in [0.25, 0.3) is 0 Å². The van der Waals surface area contributed by atoms with Gasteiger partial charge in [0.2, 0.25) is 0 Å². The average molecular weight is 246 g/mol. The first-order valence-corrected chi connectivity index (χ1v) is 6.85. The summed E-state index contributed by atoms with van der Waals surface area (Å²) in [4.78, 5) is 1.23. The fraction of sp³-hybridized carbons (Fsp3) is 0.333. The van der Waals surface area contributed by atoms with Gasteiger partial charge in [0.15, 0.2) is 0 Å². The minimum Gasteiger partial charge on any atom is -0.388 e. The molecule has 1 aromatic heterocycles. The second kappa shape index (κ2) is 5.48. The Morgan fingerprint density at radius 3 is 2.24 bits per heavy atom. The van der Waals surface area contributed by atoms with E-state index in [9.17, 15) is 5.11 Å². The number of aliphatic hydroxyl groups excluding tert-OH is 1. The van der Waals surface area contributed by atoms with Crippen LogP contribution in [0.3, 0.4) is 0 Å². The van der Waals surface area contributed by atoms with Gasteiger partial charge in [-0.3, -0.25) is 0 Å². The third-order valence-electron chi connectivity index (χ3n) is 2.96. The first kappa shape index (κ1) is 12.3. The van der Waals surface area contributed by atoms with E-state index in [4.69, 9.17) is 0 Å². The summed E-state index contributed by atoms with van der Waals surface area (Å²) in [6.45, 7) is 4.36. The van der Waals surface area contributed by atoms with Crippen molar-refractivity contribution in [2.75, 3.05) is 0 Å². The zero-order valence-corrected chi connectivity index (χ0v) is 11.1. The summed E-state index contributed by atoms with van der Waals surface area (Å²) in [5.74, 6) is 0.540. The lowest BCUT2D eigenvalue weighted by atomic mass is 9.99. The predicted octanol–water partition coefficient (Wildman–Crippen LogP) is 4.15. The molecule has 0 aliphatic heterocycles. The topological polar surface area (TPSA) is 20.2 Å². The van der Waals surface area contributed by atoms with Crippen molar-refractivity contribution >= 4 is 11.3 Å². The molecule has 2 heteroatoms. The van der Waals surface area contributed by atoms with Crippen LogP contribution in [0.1, 0.15) is 41.9 Å². The lowest BCUT2D eigenvalue weighted by molar-refractivity contribution is 0.179. The maximum absolute atomic E-state index is 10.1. The van der Waals surface area contributed by atoms with Crippen LogP contribution in [0.5, 0.6) is 0 Å². The second-order valence-electron chi connectivity index (χ2n) is 4.62. The normalized spacial score (nSPS) is 12.9. The van der Waals surface area contributed by atoms with E-state index in [-0.39, 0.29) is 0 Å². The molecule has 1 heterocycles. The van der Waals surface area contributed by atoms with Crippen molar-refractivity contribution in [3.8, 4) is 0 Å². The van der Waals surface area contributed by atoms with Gasteiger partial charge in [0.1, 0.15) is 0 Å². The molecule has 2 aromatic rings. The summed E-state index contributed by atoms with van der Waals surface area (Å²) in [6.07, 6.45) is 0.313. The molecule has 0 saturated carbocycles. The summed E-state index contributed by atoms with van der Waals surface area (Å²) in [5.41, 5.74) is 2.32. The molecular formula is C15H18OS. The van der Waals surface area contributed by atoms with E-state index in [1.54, 1.807) is 11.3 Å². The standard InChI is InChI=1S/C15H18OS/c1-11(2)12-5-7-13(8-6-12)15(16)10-14-4-3-9-17-14/h3-9,11,15-16H,10H2,1-2H3. The highest BCUT2D eigenvalue weighted by Gasteiger charge is 2.09. The number of benzene rings is 1. The van der Waals surface area contributed by atoms with E-state index >= 15 is 0 Å². The summed E-state index contributed by atoms with van der Waals surface area (Å²) < 4.78 is 0. The molecule has 0 saturated heterocycles. The van der Waals surface area contributed by atoms with Gasteiger partial charge in [-0.1, -0.05) is 44.2 Å². The van der Waals surface area contributed by atoms with Gasteiger partial charge in [-0.15, -0.1) is 11.3 Å². The van der Waals surface area contributed by atoms with E-state index in [0.29, 0.717) is 12.3 Å². The Bertz CT molecular complexity index is 442. The Labute approximate surface area is 107 Å². The minimum atomic E-state index is -0.394. The highest BCUT2D eigenvalue weighted by atomic mass is 32.1. The maximum atomic E-state index is 10.1. The quantitative estimate of drug-likeness (QED) is 0.859. The highest BCUT2D eigenvalue weighted by Crippen LogP contribution is 2.23. The number of hydrogen-bond donors (Lipinski definition) is 1. The van der Waals surface area contributed by atoms with Crippen molar-refractivity contribution in [2.45, 2.75) is 32.3 Å². The van der Waals surface area contributed by atoms with Crippen molar-refractivity contribution < 1.29 is 5.11 Å². The first-order valence-electron chi connectivity index (χ1n) is 5.97. The Kier molecular flexibility index (Phi) is 3.97. The van der Waals surface area contributed by atoms with E-state index in [1.807, 2.05) is 23.6 Å². The van der Waals surface area contributed by atoms with Gasteiger partial charge in [0, 0.05) is 11.3 Å². The summed E-state index contributed by atoms with van der Waals surface area (Å²) in [6, 6.07) is 12.4. The molecule has 2 rings (SSSR count). The van der Waals surface area contributed by atoms with Crippen LogP contribution in [-0.2, 0) is 6.42 Å². The molecule has 90 valence electrons. The third kappa shape index (κ3) is 3.18. The monoisotopic (exact) mass is 246 g/mol. The zero-order chi connectivity index (χ0) is 12.3. The molecule has 1 nitrogen and oxygen atoms in total. The number of thiophene rings is 1. The molecule has 0 aliphatic rings. The molecule has 1 atom stereocenters. The van der Waals surface area contributed by atoms with Crippen LogP contribution in [-0.4, -0.2) is 5.11 Å². The van der Waals surface area contributed by atoms with Crippen molar-refractivity contribution in [1.29, 1.82) is 0 Å². The SMILES string of the molecule is CC(C)c1ccc(C(O)Cc2cccs2)cc1. The third-order valence-corrected chi connectivity index (χ3v) is 3.86. The van der Waals surface area contributed by atoms with Crippen LogP contribution in [0, 0.1) is 0 Å². The molecule has 0 radical (unpaired) electrons. The molecule has 1 aromatic carbocycles. The summed E-state index contributed by atoms with van der Waals surface area (Å²) in [7, 11) is 0. The Morgan fingerprint density at radius 2 is 1.71 bits per heavy atom. The number of rotatable bonds is 4. The second-order valence-corrected chi connectivity index (χ2v) is 5.65. The van der Waals surface area contributed by atoms with Crippen LogP contribution in [0.4, 0.5) is 0 Å². The van der Waals surface area contributed by atoms with Gasteiger partial charge in [0.05, 0.1) is 6.10 Å². The van der Waals surface area contributed by atoms with Crippen LogP contribution in [0.2, 0.25) is 0 Å². The molecule has 0 spiro atoms. The Balaban J connectivity index is 2.06. The molecule has 1 unspecified atom stereocenters. The Morgan fingerprint density at radius 1 is 1.06 bits per heavy atom. The van der Waals surface area contributed by atoms with Gasteiger partial charge >= 0.3 is 0 Å². The fourth-order valence-corrected chi connectivity index (χ4v) is 2.58. The van der Waals surface area contributed by atoms with Gasteiger partial charge < -0.3 is 5.11 Å². The van der Waals surface area contributed by atoms with Crippen molar-refractivity contribution in [1.82, 2.24) is 0 Å². The maximum Gasteiger partial charge on any atom is 0.0838 e. The largest absolute Gasteiger partial charge is 0.388 e. The molecular weight excluding hydrogens is 228 g/mol. The molecule has 17 heavy (non-hydrogen) atoms. The lowest BCUT2D eigenvalue weighted by Crippen LogP contribution is -2.00. The average Bonchev–Trinajstić information content (AvgIpc) is 2.82. The first-order chi connectivity index (χ1) is 8.16. The van der Waals surface area contributed by atoms with Gasteiger partial charge in [-0.25, -0.2) is 0 Å². The van der Waals surface area contributed by atoms with E-state index in [2.05, 4.69) is 32.0 Å². The minimum absolute atomic E-state index is 0.394. The molecule has 1 N–H and O–H groups in total. The Hall–Kier alpha value is -1.12. The van der Waals surface area contributed by atoms with Crippen molar-refractivity contribution in [3.05, 3.63) is 57.8 Å². The van der Waals surface area contributed by atoms with Crippen molar-refractivity contribution in [3.63, 3.8) is 0 Å².